The van der Waals surface area contributed by atoms with Crippen LogP contribution in [0.2, 0.25) is 0 Å². The number of piperidine rings is 1. The number of carbonyl (C=O) groups is 1. The van der Waals surface area contributed by atoms with Crippen molar-refractivity contribution >= 4 is 5.91 Å². The molecule has 16 heavy (non-hydrogen) atoms. The van der Waals surface area contributed by atoms with Gasteiger partial charge >= 0.3 is 0 Å². The summed E-state index contributed by atoms with van der Waals surface area (Å²) in [6, 6.07) is 0. The van der Waals surface area contributed by atoms with Gasteiger partial charge in [0.2, 0.25) is 5.91 Å². The number of hydrogen-bond acceptors (Lipinski definition) is 3. The molecule has 1 unspecified atom stereocenters. The summed E-state index contributed by atoms with van der Waals surface area (Å²) in [5.41, 5.74) is 0. The first kappa shape index (κ1) is 13.5. The van der Waals surface area contributed by atoms with E-state index in [2.05, 4.69) is 4.90 Å². The van der Waals surface area contributed by atoms with Gasteiger partial charge in [-0.1, -0.05) is 0 Å². The third-order valence-corrected chi connectivity index (χ3v) is 3.34. The van der Waals surface area contributed by atoms with Crippen LogP contribution in [0, 0.1) is 5.92 Å². The third kappa shape index (κ3) is 3.76. The predicted octanol–water partition coefficient (Wildman–Crippen LogP) is 0.559. The average Bonchev–Trinajstić information content (AvgIpc) is 2.31. The molecule has 1 aliphatic heterocycles. The van der Waals surface area contributed by atoms with Gasteiger partial charge in [0.05, 0.1) is 6.54 Å². The lowest BCUT2D eigenvalue weighted by Crippen LogP contribution is -2.44. The van der Waals surface area contributed by atoms with Gasteiger partial charge in [0.15, 0.2) is 0 Å². The minimum Gasteiger partial charge on any atom is -0.396 e. The van der Waals surface area contributed by atoms with Crippen LogP contribution in [0.4, 0.5) is 0 Å². The molecule has 1 rings (SSSR count). The first-order valence-electron chi connectivity index (χ1n) is 6.32. The Morgan fingerprint density at radius 3 is 2.69 bits per heavy atom. The molecule has 0 aromatic heterocycles. The molecular weight excluding hydrogens is 204 g/mol. The van der Waals surface area contributed by atoms with Crippen molar-refractivity contribution in [3.05, 3.63) is 0 Å². The van der Waals surface area contributed by atoms with E-state index in [0.717, 1.165) is 39.0 Å². The van der Waals surface area contributed by atoms with Crippen LogP contribution >= 0.6 is 0 Å². The molecule has 1 aliphatic rings. The van der Waals surface area contributed by atoms with E-state index in [0.29, 0.717) is 12.5 Å². The van der Waals surface area contributed by atoms with E-state index >= 15 is 0 Å². The normalized spacial score (nSPS) is 22.1. The fourth-order valence-electron chi connectivity index (χ4n) is 2.31. The van der Waals surface area contributed by atoms with E-state index in [4.69, 9.17) is 5.11 Å². The van der Waals surface area contributed by atoms with Gasteiger partial charge in [0.25, 0.3) is 0 Å². The molecule has 0 aromatic carbocycles. The highest BCUT2D eigenvalue weighted by atomic mass is 16.3. The Balaban J connectivity index is 2.38. The number of likely N-dealkylation sites (N-methyl/N-ethyl adjacent to an activating group) is 1. The lowest BCUT2D eigenvalue weighted by Gasteiger charge is -2.32. The summed E-state index contributed by atoms with van der Waals surface area (Å²) >= 11 is 0. The van der Waals surface area contributed by atoms with Gasteiger partial charge in [-0.3, -0.25) is 9.69 Å². The van der Waals surface area contributed by atoms with Crippen LogP contribution in [-0.4, -0.2) is 60.1 Å². The highest BCUT2D eigenvalue weighted by molar-refractivity contribution is 5.78. The smallest absolute Gasteiger partial charge is 0.236 e. The van der Waals surface area contributed by atoms with Crippen molar-refractivity contribution in [2.45, 2.75) is 26.7 Å². The SMILES string of the molecule is CCN(CC)C(=O)CN1CCCC(CO)C1. The van der Waals surface area contributed by atoms with Crippen LogP contribution in [-0.2, 0) is 4.79 Å². The summed E-state index contributed by atoms with van der Waals surface area (Å²) in [4.78, 5) is 15.9. The van der Waals surface area contributed by atoms with Crippen molar-refractivity contribution < 1.29 is 9.90 Å². The van der Waals surface area contributed by atoms with Crippen LogP contribution in [0.15, 0.2) is 0 Å². The Bertz CT molecular complexity index is 217. The summed E-state index contributed by atoms with van der Waals surface area (Å²) in [7, 11) is 0. The maximum atomic E-state index is 11.9. The molecule has 0 radical (unpaired) electrons. The van der Waals surface area contributed by atoms with Crippen LogP contribution in [0.1, 0.15) is 26.7 Å². The quantitative estimate of drug-likeness (QED) is 0.748. The molecule has 1 fully saturated rings. The van der Waals surface area contributed by atoms with Crippen molar-refractivity contribution in [3.8, 4) is 0 Å². The van der Waals surface area contributed by atoms with Gasteiger partial charge in [-0.05, 0) is 39.2 Å². The minimum atomic E-state index is 0.212. The average molecular weight is 228 g/mol. The van der Waals surface area contributed by atoms with Gasteiger partial charge in [-0.15, -0.1) is 0 Å². The van der Waals surface area contributed by atoms with Crippen LogP contribution in [0.25, 0.3) is 0 Å². The van der Waals surface area contributed by atoms with Crippen LogP contribution < -0.4 is 0 Å². The van der Waals surface area contributed by atoms with Gasteiger partial charge in [0.1, 0.15) is 0 Å². The number of aliphatic hydroxyl groups excluding tert-OH is 1. The zero-order valence-electron chi connectivity index (χ0n) is 10.5. The second-order valence-electron chi connectivity index (χ2n) is 4.49. The first-order chi connectivity index (χ1) is 7.71. The second kappa shape index (κ2) is 6.86. The number of likely N-dealkylation sites (tertiary alicyclic amines) is 1. The summed E-state index contributed by atoms with van der Waals surface area (Å²) < 4.78 is 0. The number of carbonyl (C=O) groups excluding carboxylic acids is 1. The zero-order chi connectivity index (χ0) is 12.0. The fraction of sp³-hybridized carbons (Fsp3) is 0.917. The summed E-state index contributed by atoms with van der Waals surface area (Å²) in [6.45, 7) is 8.20. The fourth-order valence-corrected chi connectivity index (χ4v) is 2.31. The van der Waals surface area contributed by atoms with E-state index in [9.17, 15) is 4.79 Å². The van der Waals surface area contributed by atoms with E-state index in [-0.39, 0.29) is 12.5 Å². The molecule has 1 amide bonds. The molecule has 1 saturated heterocycles. The number of rotatable bonds is 5. The highest BCUT2D eigenvalue weighted by Crippen LogP contribution is 2.15. The lowest BCUT2D eigenvalue weighted by molar-refractivity contribution is -0.132. The van der Waals surface area contributed by atoms with Gasteiger partial charge in [-0.25, -0.2) is 0 Å². The van der Waals surface area contributed by atoms with Crippen LogP contribution in [0.3, 0.4) is 0 Å². The molecule has 4 nitrogen and oxygen atoms in total. The van der Waals surface area contributed by atoms with E-state index < -0.39 is 0 Å². The van der Waals surface area contributed by atoms with Gasteiger partial charge in [-0.2, -0.15) is 0 Å². The molecule has 1 heterocycles. The summed E-state index contributed by atoms with van der Waals surface area (Å²) in [5.74, 6) is 0.571. The van der Waals surface area contributed by atoms with Crippen molar-refractivity contribution in [1.29, 1.82) is 0 Å². The minimum absolute atomic E-state index is 0.212. The van der Waals surface area contributed by atoms with E-state index in [1.165, 1.54) is 0 Å². The monoisotopic (exact) mass is 228 g/mol. The van der Waals surface area contributed by atoms with E-state index in [1.807, 2.05) is 18.7 Å². The largest absolute Gasteiger partial charge is 0.396 e. The lowest BCUT2D eigenvalue weighted by atomic mass is 9.99. The molecular formula is C12H24N2O2. The summed E-state index contributed by atoms with van der Waals surface area (Å²) in [6.07, 6.45) is 2.18. The maximum Gasteiger partial charge on any atom is 0.236 e. The number of nitrogens with zero attached hydrogens (tertiary/aromatic N) is 2. The second-order valence-corrected chi connectivity index (χ2v) is 4.49. The Kier molecular flexibility index (Phi) is 5.77. The molecule has 4 heteroatoms. The Hall–Kier alpha value is -0.610. The van der Waals surface area contributed by atoms with E-state index in [1.54, 1.807) is 0 Å². The molecule has 0 spiro atoms. The first-order valence-corrected chi connectivity index (χ1v) is 6.32. The molecule has 1 N–H and O–H groups in total. The molecule has 0 saturated carbocycles. The summed E-state index contributed by atoms with van der Waals surface area (Å²) in [5, 5.41) is 9.12. The number of hydrogen-bond donors (Lipinski definition) is 1. The Morgan fingerprint density at radius 1 is 1.44 bits per heavy atom. The van der Waals surface area contributed by atoms with Crippen molar-refractivity contribution in [1.82, 2.24) is 9.80 Å². The Labute approximate surface area is 98.2 Å². The number of amides is 1. The van der Waals surface area contributed by atoms with Gasteiger partial charge in [0, 0.05) is 26.2 Å². The predicted molar refractivity (Wildman–Crippen MR) is 64.2 cm³/mol. The van der Waals surface area contributed by atoms with Crippen LogP contribution in [0.5, 0.6) is 0 Å². The Morgan fingerprint density at radius 2 is 2.12 bits per heavy atom. The van der Waals surface area contributed by atoms with Crippen molar-refractivity contribution in [2.24, 2.45) is 5.92 Å². The zero-order valence-corrected chi connectivity index (χ0v) is 10.5. The third-order valence-electron chi connectivity index (χ3n) is 3.34. The maximum absolute atomic E-state index is 11.9. The topological polar surface area (TPSA) is 43.8 Å². The molecule has 94 valence electrons. The van der Waals surface area contributed by atoms with Gasteiger partial charge < -0.3 is 10.0 Å². The van der Waals surface area contributed by atoms with Crippen molar-refractivity contribution in [2.75, 3.05) is 39.3 Å². The standard InChI is InChI=1S/C12H24N2O2/c1-3-14(4-2)12(16)9-13-7-5-6-11(8-13)10-15/h11,15H,3-10H2,1-2H3. The molecule has 1 atom stereocenters. The molecule has 0 bridgehead atoms. The van der Waals surface area contributed by atoms with Crippen molar-refractivity contribution in [3.63, 3.8) is 0 Å². The molecule has 0 aromatic rings. The highest BCUT2D eigenvalue weighted by Gasteiger charge is 2.22. The number of aliphatic hydroxyl groups is 1. The molecule has 0 aliphatic carbocycles.